The van der Waals surface area contributed by atoms with Gasteiger partial charge in [0.2, 0.25) is 11.0 Å². The van der Waals surface area contributed by atoms with Crippen molar-refractivity contribution in [3.63, 3.8) is 0 Å². The lowest BCUT2D eigenvalue weighted by Gasteiger charge is -2.42. The van der Waals surface area contributed by atoms with Gasteiger partial charge in [-0.05, 0) is 29.5 Å². The predicted molar refractivity (Wildman–Crippen MR) is 135 cm³/mol. The predicted octanol–water partition coefficient (Wildman–Crippen LogP) is 2.84. The fourth-order valence-corrected chi connectivity index (χ4v) is 6.09. The number of ether oxygens (including phenoxy) is 1. The van der Waals surface area contributed by atoms with Gasteiger partial charge >= 0.3 is 5.97 Å². The number of nitrogens with two attached hydrogens (primary N) is 2. The van der Waals surface area contributed by atoms with Gasteiger partial charge in [0.15, 0.2) is 10.1 Å². The number of primary amides is 1. The van der Waals surface area contributed by atoms with Gasteiger partial charge in [-0.3, -0.25) is 14.5 Å². The number of allylic oxidation sites excluding steroid dienone is 3. The smallest absolute Gasteiger partial charge is 0.337 e. The van der Waals surface area contributed by atoms with Crippen molar-refractivity contribution in [2.24, 2.45) is 16.9 Å². The van der Waals surface area contributed by atoms with Gasteiger partial charge in [-0.2, -0.15) is 5.26 Å². The molecule has 0 bridgehead atoms. The maximum absolute atomic E-state index is 13.6. The highest BCUT2D eigenvalue weighted by molar-refractivity contribution is 8.01. The molecule has 1 amide bonds. The average molecular weight is 525 g/mol. The maximum Gasteiger partial charge on any atom is 0.337 e. The van der Waals surface area contributed by atoms with Gasteiger partial charge in [0.05, 0.1) is 36.0 Å². The minimum atomic E-state index is -0.687. The Morgan fingerprint density at radius 2 is 1.97 bits per heavy atom. The number of ketones is 1. The molecule has 0 saturated carbocycles. The summed E-state index contributed by atoms with van der Waals surface area (Å²) in [5.74, 6) is -1.52. The van der Waals surface area contributed by atoms with E-state index in [9.17, 15) is 19.6 Å². The number of hydrogen-bond donors (Lipinski definition) is 2. The molecule has 0 spiro atoms. The number of nitriles is 1. The highest BCUT2D eigenvalue weighted by atomic mass is 32.2. The molecule has 12 heteroatoms. The number of carbonyl (C=O) groups excluding carboxylic acids is 3. The van der Waals surface area contributed by atoms with Crippen molar-refractivity contribution in [1.29, 1.82) is 5.26 Å². The summed E-state index contributed by atoms with van der Waals surface area (Å²) in [6, 6.07) is 8.81. The Bertz CT molecular complexity index is 1350. The van der Waals surface area contributed by atoms with E-state index in [0.29, 0.717) is 44.7 Å². The third-order valence-electron chi connectivity index (χ3n) is 5.97. The van der Waals surface area contributed by atoms with Crippen LogP contribution in [0.4, 0.5) is 5.13 Å². The number of anilines is 1. The zero-order valence-electron chi connectivity index (χ0n) is 19.9. The first kappa shape index (κ1) is 25.4. The van der Waals surface area contributed by atoms with E-state index in [1.165, 1.54) is 18.4 Å². The van der Waals surface area contributed by atoms with Crippen molar-refractivity contribution in [3.05, 3.63) is 58.1 Å². The monoisotopic (exact) mass is 524 g/mol. The molecule has 1 aliphatic heterocycles. The van der Waals surface area contributed by atoms with Crippen LogP contribution in [0.25, 0.3) is 0 Å². The van der Waals surface area contributed by atoms with E-state index in [0.717, 1.165) is 11.8 Å². The fraction of sp³-hybridized carbons (Fsp3) is 0.333. The molecule has 0 fully saturated rings. The van der Waals surface area contributed by atoms with Crippen LogP contribution in [0.5, 0.6) is 0 Å². The van der Waals surface area contributed by atoms with Gasteiger partial charge in [0.25, 0.3) is 0 Å². The Balaban J connectivity index is 1.86. The Labute approximate surface area is 216 Å². The van der Waals surface area contributed by atoms with Crippen molar-refractivity contribution in [3.8, 4) is 6.07 Å². The first-order chi connectivity index (χ1) is 17.1. The lowest BCUT2D eigenvalue weighted by atomic mass is 9.68. The number of Topliss-reactive ketones (excluding diaryl/α,β-unsaturated/α-hetero) is 1. The summed E-state index contributed by atoms with van der Waals surface area (Å²) in [4.78, 5) is 38.3. The maximum atomic E-state index is 13.6. The molecule has 1 atom stereocenters. The zero-order valence-corrected chi connectivity index (χ0v) is 21.5. The zero-order chi connectivity index (χ0) is 26.2. The van der Waals surface area contributed by atoms with E-state index < -0.39 is 17.8 Å². The number of methoxy groups -OCH3 is 1. The van der Waals surface area contributed by atoms with Crippen molar-refractivity contribution in [2.75, 3.05) is 17.8 Å². The fourth-order valence-electron chi connectivity index (χ4n) is 4.47. The van der Waals surface area contributed by atoms with Crippen molar-refractivity contribution >= 4 is 45.9 Å². The number of esters is 1. The van der Waals surface area contributed by atoms with E-state index in [-0.39, 0.29) is 28.3 Å². The molecule has 1 aromatic carbocycles. The molecule has 1 aliphatic carbocycles. The van der Waals surface area contributed by atoms with Gasteiger partial charge in [-0.15, -0.1) is 10.2 Å². The second-order valence-electron chi connectivity index (χ2n) is 9.20. The average Bonchev–Trinajstić information content (AvgIpc) is 3.29. The van der Waals surface area contributed by atoms with Crippen LogP contribution in [0.2, 0.25) is 0 Å². The van der Waals surface area contributed by atoms with Crippen LogP contribution in [0.15, 0.2) is 51.3 Å². The topological polar surface area (TPSA) is 165 Å². The number of thioether (sulfide) groups is 1. The van der Waals surface area contributed by atoms with Crippen LogP contribution in [-0.4, -0.2) is 40.7 Å². The van der Waals surface area contributed by atoms with Crippen LogP contribution >= 0.6 is 23.1 Å². The quantitative estimate of drug-likeness (QED) is 0.424. The van der Waals surface area contributed by atoms with Crippen molar-refractivity contribution in [1.82, 2.24) is 10.2 Å². The Morgan fingerprint density at radius 1 is 1.28 bits per heavy atom. The molecule has 0 radical (unpaired) electrons. The minimum Gasteiger partial charge on any atom is -0.465 e. The van der Waals surface area contributed by atoms with Gasteiger partial charge in [-0.25, -0.2) is 4.79 Å². The van der Waals surface area contributed by atoms with Gasteiger partial charge in [0, 0.05) is 17.7 Å². The molecular formula is C24H24N6O4S2. The van der Waals surface area contributed by atoms with E-state index in [1.54, 1.807) is 29.2 Å². The number of nitrogens with zero attached hydrogens (tertiary/aromatic N) is 4. The molecule has 1 unspecified atom stereocenters. The minimum absolute atomic E-state index is 0.0481. The number of benzene rings is 1. The van der Waals surface area contributed by atoms with E-state index in [1.807, 2.05) is 13.8 Å². The largest absolute Gasteiger partial charge is 0.465 e. The summed E-state index contributed by atoms with van der Waals surface area (Å²) < 4.78 is 5.29. The summed E-state index contributed by atoms with van der Waals surface area (Å²) in [6.45, 7) is 4.00. The molecule has 2 aromatic rings. The van der Waals surface area contributed by atoms with E-state index in [2.05, 4.69) is 16.3 Å². The molecule has 2 heterocycles. The number of carbonyl (C=O) groups is 3. The number of amides is 1. The van der Waals surface area contributed by atoms with Crippen molar-refractivity contribution in [2.45, 2.75) is 36.9 Å². The Kier molecular flexibility index (Phi) is 6.88. The van der Waals surface area contributed by atoms with Crippen LogP contribution < -0.4 is 16.4 Å². The Morgan fingerprint density at radius 3 is 2.58 bits per heavy atom. The number of rotatable bonds is 6. The number of hydrogen-bond acceptors (Lipinski definition) is 11. The molecule has 2 aliphatic rings. The third kappa shape index (κ3) is 4.72. The van der Waals surface area contributed by atoms with Crippen molar-refractivity contribution < 1.29 is 19.1 Å². The summed E-state index contributed by atoms with van der Waals surface area (Å²) in [5, 5.41) is 18.9. The second kappa shape index (κ2) is 9.75. The second-order valence-corrected chi connectivity index (χ2v) is 11.4. The molecule has 1 aromatic heterocycles. The third-order valence-corrected chi connectivity index (χ3v) is 8.04. The molecule has 36 heavy (non-hydrogen) atoms. The number of aromatic nitrogens is 2. The summed E-state index contributed by atoms with van der Waals surface area (Å²) in [6.07, 6.45) is 0.832. The van der Waals surface area contributed by atoms with E-state index in [4.69, 9.17) is 16.2 Å². The molecule has 10 nitrogen and oxygen atoms in total. The normalized spacial score (nSPS) is 19.1. The highest BCUT2D eigenvalue weighted by Crippen LogP contribution is 2.50. The van der Waals surface area contributed by atoms with E-state index >= 15 is 0 Å². The van der Waals surface area contributed by atoms with Gasteiger partial charge in [-0.1, -0.05) is 49.1 Å². The van der Waals surface area contributed by atoms with Gasteiger partial charge < -0.3 is 16.2 Å². The molecular weight excluding hydrogens is 500 g/mol. The Hall–Kier alpha value is -3.69. The standard InChI is InChI=1S/C24H24N6O4S2/c1-24(2)8-15-19(16(31)9-24)18(12-4-6-13(7-5-12)21(33)34-3)14(10-25)20(27)30(15)22-28-29-23(36-22)35-11-17(26)32/h4-7,18H,8-9,11,27H2,1-3H3,(H2,26,32). The molecule has 4 N–H and O–H groups in total. The summed E-state index contributed by atoms with van der Waals surface area (Å²) in [5.41, 5.74) is 13.8. The van der Waals surface area contributed by atoms with Crippen LogP contribution in [0.3, 0.4) is 0 Å². The molecule has 186 valence electrons. The molecule has 0 saturated heterocycles. The lowest BCUT2D eigenvalue weighted by Crippen LogP contribution is -2.42. The van der Waals surface area contributed by atoms with Crippen LogP contribution in [-0.2, 0) is 14.3 Å². The molecule has 4 rings (SSSR count). The highest BCUT2D eigenvalue weighted by Gasteiger charge is 2.45. The summed E-state index contributed by atoms with van der Waals surface area (Å²) in [7, 11) is 1.30. The van der Waals surface area contributed by atoms with Gasteiger partial charge in [0.1, 0.15) is 5.82 Å². The first-order valence-electron chi connectivity index (χ1n) is 10.9. The first-order valence-corrected chi connectivity index (χ1v) is 12.8. The summed E-state index contributed by atoms with van der Waals surface area (Å²) >= 11 is 2.35. The van der Waals surface area contributed by atoms with Crippen LogP contribution in [0.1, 0.15) is 48.5 Å². The SMILES string of the molecule is COC(=O)c1ccc(C2C(C#N)=C(N)N(c3nnc(SCC(N)=O)s3)C3=C2C(=O)CC(C)(C)C3)cc1. The lowest BCUT2D eigenvalue weighted by molar-refractivity contribution is -0.118. The van der Waals surface area contributed by atoms with Crippen LogP contribution in [0, 0.1) is 16.7 Å².